The lowest BCUT2D eigenvalue weighted by Crippen LogP contribution is -2.33. The van der Waals surface area contributed by atoms with Crippen LogP contribution in [0.15, 0.2) is 23.2 Å². The summed E-state index contributed by atoms with van der Waals surface area (Å²) in [5.74, 6) is 0.589. The third-order valence-electron chi connectivity index (χ3n) is 3.17. The van der Waals surface area contributed by atoms with Gasteiger partial charge in [0, 0.05) is 33.4 Å². The van der Waals surface area contributed by atoms with Gasteiger partial charge in [-0.15, -0.1) is 0 Å². The van der Waals surface area contributed by atoms with E-state index >= 15 is 0 Å². The quantitative estimate of drug-likeness (QED) is 0.830. The fraction of sp³-hybridized carbons (Fsp3) is 0.583. The van der Waals surface area contributed by atoms with Crippen molar-refractivity contribution in [2.24, 2.45) is 0 Å². The number of pyridine rings is 1. The van der Waals surface area contributed by atoms with E-state index in [1.54, 1.807) is 32.4 Å². The van der Waals surface area contributed by atoms with E-state index in [0.717, 1.165) is 25.9 Å². The van der Waals surface area contributed by atoms with Crippen LogP contribution in [-0.2, 0) is 10.0 Å². The molecule has 0 atom stereocenters. The molecule has 100 valence electrons. The number of hydrogen-bond donors (Lipinski definition) is 0. The average Bonchev–Trinajstić information content (AvgIpc) is 2.39. The van der Waals surface area contributed by atoms with Gasteiger partial charge < -0.3 is 4.90 Å². The van der Waals surface area contributed by atoms with Crippen LogP contribution in [0.25, 0.3) is 0 Å². The van der Waals surface area contributed by atoms with Crippen molar-refractivity contribution in [2.75, 3.05) is 32.1 Å². The number of anilines is 1. The molecule has 1 fully saturated rings. The minimum absolute atomic E-state index is 0.303. The molecular weight excluding hydrogens is 250 g/mol. The molecule has 2 rings (SSSR count). The van der Waals surface area contributed by atoms with Gasteiger partial charge in [-0.25, -0.2) is 17.7 Å². The van der Waals surface area contributed by atoms with Crippen molar-refractivity contribution >= 4 is 15.8 Å². The molecule has 0 spiro atoms. The summed E-state index contributed by atoms with van der Waals surface area (Å²) in [6, 6.07) is 3.30. The Labute approximate surface area is 108 Å². The first-order chi connectivity index (χ1) is 8.53. The Morgan fingerprint density at radius 3 is 2.50 bits per heavy atom. The Morgan fingerprint density at radius 1 is 1.22 bits per heavy atom. The third kappa shape index (κ3) is 2.49. The molecular formula is C12H19N3O2S. The molecule has 5 nitrogen and oxygen atoms in total. The van der Waals surface area contributed by atoms with E-state index in [4.69, 9.17) is 0 Å². The normalized spacial score (nSPS) is 17.2. The Morgan fingerprint density at radius 2 is 1.89 bits per heavy atom. The first kappa shape index (κ1) is 13.3. The summed E-state index contributed by atoms with van der Waals surface area (Å²) in [4.78, 5) is 6.64. The van der Waals surface area contributed by atoms with Crippen LogP contribution in [0.1, 0.15) is 19.3 Å². The molecule has 2 heterocycles. The number of rotatable bonds is 3. The Balaban J connectivity index is 2.42. The van der Waals surface area contributed by atoms with Crippen molar-refractivity contribution in [2.45, 2.75) is 24.2 Å². The Hall–Kier alpha value is -1.14. The van der Waals surface area contributed by atoms with Crippen molar-refractivity contribution in [3.8, 4) is 0 Å². The second-order valence-electron chi connectivity index (χ2n) is 4.66. The molecule has 18 heavy (non-hydrogen) atoms. The van der Waals surface area contributed by atoms with Gasteiger partial charge in [-0.3, -0.25) is 0 Å². The van der Waals surface area contributed by atoms with E-state index in [1.165, 1.54) is 10.7 Å². The number of sulfonamides is 1. The zero-order chi connectivity index (χ0) is 13.2. The van der Waals surface area contributed by atoms with Crippen molar-refractivity contribution < 1.29 is 8.42 Å². The van der Waals surface area contributed by atoms with Crippen LogP contribution in [0.5, 0.6) is 0 Å². The third-order valence-corrected chi connectivity index (χ3v) is 5.00. The zero-order valence-electron chi connectivity index (χ0n) is 10.8. The molecule has 6 heteroatoms. The number of hydrogen-bond acceptors (Lipinski definition) is 4. The fourth-order valence-corrected chi connectivity index (χ4v) is 3.18. The van der Waals surface area contributed by atoms with E-state index in [1.807, 2.05) is 0 Å². The second-order valence-corrected chi connectivity index (χ2v) is 6.78. The molecule has 0 amide bonds. The maximum absolute atomic E-state index is 12.3. The molecule has 1 aliphatic rings. The highest BCUT2D eigenvalue weighted by Crippen LogP contribution is 2.26. The molecule has 0 aliphatic carbocycles. The summed E-state index contributed by atoms with van der Waals surface area (Å²) in [6.45, 7) is 1.76. The molecule has 1 aromatic heterocycles. The monoisotopic (exact) mass is 269 g/mol. The molecule has 1 saturated heterocycles. The lowest BCUT2D eigenvalue weighted by molar-refractivity contribution is 0.517. The molecule has 1 aromatic rings. The zero-order valence-corrected chi connectivity index (χ0v) is 11.7. The van der Waals surface area contributed by atoms with Crippen LogP contribution < -0.4 is 4.90 Å². The van der Waals surface area contributed by atoms with Crippen LogP contribution in [-0.4, -0.2) is 44.9 Å². The van der Waals surface area contributed by atoms with Crippen LogP contribution in [0.3, 0.4) is 0 Å². The van der Waals surface area contributed by atoms with Gasteiger partial charge in [-0.1, -0.05) is 0 Å². The number of piperidine rings is 1. The highest BCUT2D eigenvalue weighted by Gasteiger charge is 2.25. The first-order valence-electron chi connectivity index (χ1n) is 6.16. The SMILES string of the molecule is CN(C)S(=O)(=O)c1cccnc1N1CCCCC1. The molecule has 0 aromatic carbocycles. The fourth-order valence-electron chi connectivity index (χ4n) is 2.12. The van der Waals surface area contributed by atoms with Crippen molar-refractivity contribution in [3.63, 3.8) is 0 Å². The van der Waals surface area contributed by atoms with Crippen molar-refractivity contribution in [1.82, 2.24) is 9.29 Å². The average molecular weight is 269 g/mol. The molecule has 0 saturated carbocycles. The maximum Gasteiger partial charge on any atom is 0.246 e. The molecule has 0 N–H and O–H groups in total. The van der Waals surface area contributed by atoms with E-state index in [9.17, 15) is 8.42 Å². The van der Waals surface area contributed by atoms with Crippen LogP contribution in [0.4, 0.5) is 5.82 Å². The Bertz CT molecular complexity index is 508. The molecule has 1 aliphatic heterocycles. The van der Waals surface area contributed by atoms with E-state index in [0.29, 0.717) is 10.7 Å². The summed E-state index contributed by atoms with van der Waals surface area (Å²) < 4.78 is 25.7. The molecule has 0 bridgehead atoms. The van der Waals surface area contributed by atoms with Crippen molar-refractivity contribution in [3.05, 3.63) is 18.3 Å². The van der Waals surface area contributed by atoms with Crippen LogP contribution in [0, 0.1) is 0 Å². The molecule has 0 radical (unpaired) electrons. The minimum atomic E-state index is -3.43. The summed E-state index contributed by atoms with van der Waals surface area (Å²) >= 11 is 0. The predicted molar refractivity (Wildman–Crippen MR) is 71.2 cm³/mol. The lowest BCUT2D eigenvalue weighted by atomic mass is 10.1. The van der Waals surface area contributed by atoms with Crippen LogP contribution >= 0.6 is 0 Å². The minimum Gasteiger partial charge on any atom is -0.355 e. The van der Waals surface area contributed by atoms with Gasteiger partial charge in [0.2, 0.25) is 10.0 Å². The molecule has 0 unspecified atom stereocenters. The summed E-state index contributed by atoms with van der Waals surface area (Å²) in [6.07, 6.45) is 5.05. The maximum atomic E-state index is 12.3. The summed E-state index contributed by atoms with van der Waals surface area (Å²) in [5.41, 5.74) is 0. The highest BCUT2D eigenvalue weighted by molar-refractivity contribution is 7.89. The van der Waals surface area contributed by atoms with Gasteiger partial charge in [-0.2, -0.15) is 0 Å². The van der Waals surface area contributed by atoms with Gasteiger partial charge in [0.1, 0.15) is 10.7 Å². The largest absolute Gasteiger partial charge is 0.355 e. The summed E-state index contributed by atoms with van der Waals surface area (Å²) in [7, 11) is -0.340. The van der Waals surface area contributed by atoms with E-state index in [2.05, 4.69) is 9.88 Å². The van der Waals surface area contributed by atoms with Gasteiger partial charge >= 0.3 is 0 Å². The smallest absolute Gasteiger partial charge is 0.246 e. The van der Waals surface area contributed by atoms with Gasteiger partial charge in [0.25, 0.3) is 0 Å². The standard InChI is InChI=1S/C12H19N3O2S/c1-14(2)18(16,17)11-7-6-8-13-12(11)15-9-4-3-5-10-15/h6-8H,3-5,9-10H2,1-2H3. The van der Waals surface area contributed by atoms with Gasteiger partial charge in [0.05, 0.1) is 0 Å². The number of aromatic nitrogens is 1. The number of nitrogens with zero attached hydrogens (tertiary/aromatic N) is 3. The predicted octanol–water partition coefficient (Wildman–Crippen LogP) is 1.32. The summed E-state index contributed by atoms with van der Waals surface area (Å²) in [5, 5.41) is 0. The van der Waals surface area contributed by atoms with Crippen molar-refractivity contribution in [1.29, 1.82) is 0 Å². The first-order valence-corrected chi connectivity index (χ1v) is 7.60. The van der Waals surface area contributed by atoms with Gasteiger partial charge in [-0.05, 0) is 31.4 Å². The van der Waals surface area contributed by atoms with Crippen LogP contribution in [0.2, 0.25) is 0 Å². The highest BCUT2D eigenvalue weighted by atomic mass is 32.2. The topological polar surface area (TPSA) is 53.5 Å². The van der Waals surface area contributed by atoms with E-state index in [-0.39, 0.29) is 0 Å². The van der Waals surface area contributed by atoms with E-state index < -0.39 is 10.0 Å². The lowest BCUT2D eigenvalue weighted by Gasteiger charge is -2.29. The Kier molecular flexibility index (Phi) is 3.87. The van der Waals surface area contributed by atoms with Gasteiger partial charge in [0.15, 0.2) is 0 Å². The second kappa shape index (κ2) is 5.24.